The number of fused-ring (bicyclic) bond motifs is 1. The van der Waals surface area contributed by atoms with Gasteiger partial charge in [0.1, 0.15) is 6.04 Å². The van der Waals surface area contributed by atoms with Crippen LogP contribution in [0.4, 0.5) is 0 Å². The van der Waals surface area contributed by atoms with Crippen molar-refractivity contribution in [3.63, 3.8) is 0 Å². The molecule has 0 spiro atoms. The minimum absolute atomic E-state index is 0.162. The van der Waals surface area contributed by atoms with Crippen molar-refractivity contribution in [3.8, 4) is 0 Å². The van der Waals surface area contributed by atoms with Crippen molar-refractivity contribution in [1.29, 1.82) is 0 Å². The van der Waals surface area contributed by atoms with Gasteiger partial charge in [-0.1, -0.05) is 18.2 Å². The Kier molecular flexibility index (Phi) is 2.30. The molecule has 4 aliphatic rings. The number of nitrogens with one attached hydrogen (secondary N) is 2. The molecule has 3 aliphatic heterocycles. The molecule has 4 nitrogen and oxygen atoms in total. The lowest BCUT2D eigenvalue weighted by Crippen LogP contribution is -2.59. The van der Waals surface area contributed by atoms with Crippen molar-refractivity contribution in [2.75, 3.05) is 0 Å². The molecule has 0 bridgehead atoms. The number of Topliss-reactive ketones (excluding diaryl/α,β-unsaturated/α-hetero) is 1. The van der Waals surface area contributed by atoms with Crippen molar-refractivity contribution in [2.45, 2.75) is 18.5 Å². The maximum atomic E-state index is 12.7. The van der Waals surface area contributed by atoms with Crippen molar-refractivity contribution in [3.05, 3.63) is 48.1 Å². The molecule has 0 saturated heterocycles. The van der Waals surface area contributed by atoms with E-state index in [1.54, 1.807) is 6.20 Å². The van der Waals surface area contributed by atoms with Crippen molar-refractivity contribution in [2.24, 2.45) is 11.8 Å². The standard InChI is InChI=1S/C14H14ClN3O/c15-18-7-1-2-9-11-10-8(3-5-16-11)4-6-17-12(10)14(19)13(9)18/h1,3-8,10,12-13,16-17H,2H2. The van der Waals surface area contributed by atoms with Crippen LogP contribution in [0, 0.1) is 11.8 Å². The highest BCUT2D eigenvalue weighted by atomic mass is 35.5. The van der Waals surface area contributed by atoms with E-state index in [1.807, 2.05) is 18.5 Å². The Morgan fingerprint density at radius 2 is 2.16 bits per heavy atom. The second-order valence-corrected chi connectivity index (χ2v) is 5.68. The maximum absolute atomic E-state index is 12.7. The SMILES string of the molecule is O=C1C2NC=CC3C=CNC(=C4CC=CN(Cl)C14)C32. The minimum Gasteiger partial charge on any atom is -0.381 e. The second-order valence-electron chi connectivity index (χ2n) is 5.29. The van der Waals surface area contributed by atoms with Crippen molar-refractivity contribution < 1.29 is 4.79 Å². The Morgan fingerprint density at radius 3 is 3.05 bits per heavy atom. The zero-order valence-corrected chi connectivity index (χ0v) is 11.0. The number of allylic oxidation sites excluding steroid dienone is 3. The van der Waals surface area contributed by atoms with E-state index < -0.39 is 0 Å². The van der Waals surface area contributed by atoms with Gasteiger partial charge in [-0.05, 0) is 24.4 Å². The van der Waals surface area contributed by atoms with Gasteiger partial charge in [0.05, 0.1) is 6.04 Å². The van der Waals surface area contributed by atoms with Gasteiger partial charge in [-0.3, -0.25) is 9.21 Å². The predicted octanol–water partition coefficient (Wildman–Crippen LogP) is 1.40. The maximum Gasteiger partial charge on any atom is 0.183 e. The van der Waals surface area contributed by atoms with E-state index in [0.29, 0.717) is 0 Å². The van der Waals surface area contributed by atoms with Crippen LogP contribution in [0.2, 0.25) is 0 Å². The van der Waals surface area contributed by atoms with E-state index >= 15 is 0 Å². The van der Waals surface area contributed by atoms with Gasteiger partial charge in [-0.15, -0.1) is 0 Å². The number of nitrogens with zero attached hydrogens (tertiary/aromatic N) is 1. The summed E-state index contributed by atoms with van der Waals surface area (Å²) in [4.78, 5) is 12.7. The van der Waals surface area contributed by atoms with Crippen molar-refractivity contribution >= 4 is 17.6 Å². The van der Waals surface area contributed by atoms with Crippen LogP contribution in [0.25, 0.3) is 0 Å². The van der Waals surface area contributed by atoms with Gasteiger partial charge in [0.2, 0.25) is 0 Å². The van der Waals surface area contributed by atoms with E-state index in [1.165, 1.54) is 4.42 Å². The fraction of sp³-hybridized carbons (Fsp3) is 0.357. The number of hydrogen-bond acceptors (Lipinski definition) is 4. The number of carbonyl (C=O) groups excluding carboxylic acids is 1. The molecule has 0 aromatic carbocycles. The summed E-state index contributed by atoms with van der Waals surface area (Å²) in [5, 5.41) is 6.55. The highest BCUT2D eigenvalue weighted by Crippen LogP contribution is 2.41. The lowest BCUT2D eigenvalue weighted by molar-refractivity contribution is -0.125. The summed E-state index contributed by atoms with van der Waals surface area (Å²) in [5.74, 6) is 0.620. The first kappa shape index (κ1) is 11.2. The van der Waals surface area contributed by atoms with E-state index in [9.17, 15) is 4.79 Å². The zero-order valence-electron chi connectivity index (χ0n) is 10.2. The molecule has 1 aliphatic carbocycles. The van der Waals surface area contributed by atoms with Gasteiger partial charge >= 0.3 is 0 Å². The normalized spacial score (nSPS) is 38.6. The molecule has 4 rings (SSSR count). The minimum atomic E-state index is -0.346. The number of ketones is 1. The summed E-state index contributed by atoms with van der Waals surface area (Å²) in [6, 6.07) is -0.537. The highest BCUT2D eigenvalue weighted by Gasteiger charge is 2.49. The van der Waals surface area contributed by atoms with Crippen LogP contribution in [0.3, 0.4) is 0 Å². The third-order valence-corrected chi connectivity index (χ3v) is 4.65. The third-order valence-electron chi connectivity index (χ3n) is 4.34. The van der Waals surface area contributed by atoms with Crippen LogP contribution in [0.15, 0.2) is 48.1 Å². The first-order valence-electron chi connectivity index (χ1n) is 6.51. The lowest BCUT2D eigenvalue weighted by atomic mass is 9.69. The Bertz CT molecular complexity index is 563. The second kappa shape index (κ2) is 3.90. The predicted molar refractivity (Wildman–Crippen MR) is 72.6 cm³/mol. The summed E-state index contributed by atoms with van der Waals surface area (Å²) in [6.45, 7) is 0. The molecular formula is C14H14ClN3O. The summed E-state index contributed by atoms with van der Waals surface area (Å²) < 4.78 is 1.50. The number of carbonyl (C=O) groups is 1. The molecule has 5 heteroatoms. The van der Waals surface area contributed by atoms with Gasteiger partial charge in [0, 0.05) is 35.5 Å². The Labute approximate surface area is 116 Å². The quantitative estimate of drug-likeness (QED) is 0.656. The molecule has 2 N–H and O–H groups in total. The molecule has 0 aromatic heterocycles. The monoisotopic (exact) mass is 275 g/mol. The first-order valence-corrected chi connectivity index (χ1v) is 6.84. The Hall–Kier alpha value is -1.68. The summed E-state index contributed by atoms with van der Waals surface area (Å²) in [7, 11) is 0. The molecular weight excluding hydrogens is 262 g/mol. The topological polar surface area (TPSA) is 44.4 Å². The summed E-state index contributed by atoms with van der Waals surface area (Å²) >= 11 is 6.19. The summed E-state index contributed by atoms with van der Waals surface area (Å²) in [5.41, 5.74) is 2.27. The van der Waals surface area contributed by atoms with Gasteiger partial charge < -0.3 is 10.6 Å². The highest BCUT2D eigenvalue weighted by molar-refractivity contribution is 6.17. The van der Waals surface area contributed by atoms with E-state index in [-0.39, 0.29) is 29.7 Å². The molecule has 0 fully saturated rings. The van der Waals surface area contributed by atoms with Crippen molar-refractivity contribution in [1.82, 2.24) is 15.1 Å². The Morgan fingerprint density at radius 1 is 1.32 bits per heavy atom. The zero-order chi connectivity index (χ0) is 13.0. The van der Waals surface area contributed by atoms with Crippen LogP contribution in [-0.4, -0.2) is 22.3 Å². The average molecular weight is 276 g/mol. The molecule has 0 saturated carbocycles. The van der Waals surface area contributed by atoms with Gasteiger partial charge in [-0.25, -0.2) is 0 Å². The van der Waals surface area contributed by atoms with Gasteiger partial charge in [0.25, 0.3) is 0 Å². The third kappa shape index (κ3) is 1.43. The van der Waals surface area contributed by atoms with Crippen LogP contribution < -0.4 is 10.6 Å². The van der Waals surface area contributed by atoms with E-state index in [4.69, 9.17) is 11.8 Å². The van der Waals surface area contributed by atoms with E-state index in [0.717, 1.165) is 17.7 Å². The molecule has 4 unspecified atom stereocenters. The molecule has 19 heavy (non-hydrogen) atoms. The van der Waals surface area contributed by atoms with E-state index in [2.05, 4.69) is 22.8 Å². The van der Waals surface area contributed by atoms with Crippen LogP contribution in [0.5, 0.6) is 0 Å². The smallest absolute Gasteiger partial charge is 0.183 e. The number of rotatable bonds is 0. The van der Waals surface area contributed by atoms with Gasteiger partial charge in [-0.2, -0.15) is 0 Å². The molecule has 0 aromatic rings. The average Bonchev–Trinajstić information content (AvgIpc) is 2.44. The summed E-state index contributed by atoms with van der Waals surface area (Å²) in [6.07, 6.45) is 12.7. The fourth-order valence-corrected chi connectivity index (χ4v) is 3.81. The number of hydrogen-bond donors (Lipinski definition) is 2. The Balaban J connectivity index is 1.90. The van der Waals surface area contributed by atoms with Crippen LogP contribution in [0.1, 0.15) is 6.42 Å². The molecule has 0 radical (unpaired) electrons. The fourth-order valence-electron chi connectivity index (χ4n) is 3.52. The van der Waals surface area contributed by atoms with Crippen LogP contribution in [-0.2, 0) is 4.79 Å². The molecule has 4 atom stereocenters. The van der Waals surface area contributed by atoms with Gasteiger partial charge in [0.15, 0.2) is 5.78 Å². The molecule has 98 valence electrons. The molecule has 0 amide bonds. The number of halogens is 1. The first-order chi connectivity index (χ1) is 9.27. The largest absolute Gasteiger partial charge is 0.381 e. The molecule has 3 heterocycles. The lowest BCUT2D eigenvalue weighted by Gasteiger charge is -2.46. The van der Waals surface area contributed by atoms with Crippen LogP contribution >= 0.6 is 11.8 Å².